The molecule has 0 aliphatic heterocycles. The molecule has 5 nitrogen and oxygen atoms in total. The minimum Gasteiger partial charge on any atom is -0.495 e. The van der Waals surface area contributed by atoms with E-state index in [-0.39, 0.29) is 17.2 Å². The van der Waals surface area contributed by atoms with Crippen LogP contribution in [0.5, 0.6) is 5.75 Å². The Kier molecular flexibility index (Phi) is 4.77. The van der Waals surface area contributed by atoms with Gasteiger partial charge in [-0.05, 0) is 36.1 Å². The highest BCUT2D eigenvalue weighted by atomic mass is 35.5. The number of aliphatic hydroxyl groups excluding tert-OH is 1. The molecule has 0 saturated carbocycles. The van der Waals surface area contributed by atoms with E-state index in [9.17, 15) is 13.5 Å². The van der Waals surface area contributed by atoms with Gasteiger partial charge in [0.15, 0.2) is 0 Å². The molecule has 0 aliphatic carbocycles. The molecule has 114 valence electrons. The molecule has 0 fully saturated rings. The first-order valence-corrected chi connectivity index (χ1v) is 8.67. The Bertz CT molecular complexity index is 756. The van der Waals surface area contributed by atoms with E-state index in [1.807, 2.05) is 0 Å². The molecule has 2 aromatic rings. The summed E-state index contributed by atoms with van der Waals surface area (Å²) < 4.78 is 32.6. The highest BCUT2D eigenvalue weighted by Crippen LogP contribution is 2.33. The minimum atomic E-state index is -3.83. The standard InChI is InChI=1S/C13H14ClNO4S2/c1-8-7-20-12(6-16)13(8)21(17,18)15-10-5-9(14)3-4-11(10)19-2/h3-5,7,15-16H,6H2,1-2H3. The molecule has 1 aromatic carbocycles. The maximum atomic E-state index is 12.5. The average molecular weight is 348 g/mol. The smallest absolute Gasteiger partial charge is 0.263 e. The van der Waals surface area contributed by atoms with E-state index in [1.54, 1.807) is 24.4 Å². The van der Waals surface area contributed by atoms with Crippen molar-refractivity contribution in [1.82, 2.24) is 0 Å². The molecule has 0 amide bonds. The fourth-order valence-corrected chi connectivity index (χ4v) is 4.81. The number of methoxy groups -OCH3 is 1. The Hall–Kier alpha value is -1.28. The van der Waals surface area contributed by atoms with E-state index in [2.05, 4.69) is 4.72 Å². The predicted octanol–water partition coefficient (Wildman–Crippen LogP) is 3.01. The number of benzene rings is 1. The number of rotatable bonds is 5. The van der Waals surface area contributed by atoms with Crippen LogP contribution in [-0.4, -0.2) is 20.6 Å². The molecule has 1 heterocycles. The van der Waals surface area contributed by atoms with Gasteiger partial charge in [-0.2, -0.15) is 0 Å². The molecule has 1 aromatic heterocycles. The highest BCUT2D eigenvalue weighted by Gasteiger charge is 2.24. The van der Waals surface area contributed by atoms with Gasteiger partial charge in [-0.15, -0.1) is 11.3 Å². The van der Waals surface area contributed by atoms with Crippen LogP contribution in [0.2, 0.25) is 5.02 Å². The van der Waals surface area contributed by atoms with Crippen LogP contribution in [0.1, 0.15) is 10.4 Å². The molecule has 8 heteroatoms. The first-order chi connectivity index (χ1) is 9.89. The zero-order valence-electron chi connectivity index (χ0n) is 11.4. The Morgan fingerprint density at radius 1 is 1.43 bits per heavy atom. The number of halogens is 1. The second kappa shape index (κ2) is 6.23. The normalized spacial score (nSPS) is 11.4. The summed E-state index contributed by atoms with van der Waals surface area (Å²) in [6.07, 6.45) is 0. The van der Waals surface area contributed by atoms with Gasteiger partial charge in [0.2, 0.25) is 0 Å². The van der Waals surface area contributed by atoms with E-state index in [1.165, 1.54) is 24.5 Å². The van der Waals surface area contributed by atoms with Gasteiger partial charge < -0.3 is 9.84 Å². The second-order valence-electron chi connectivity index (χ2n) is 4.28. The first-order valence-electron chi connectivity index (χ1n) is 5.93. The Morgan fingerprint density at radius 2 is 2.14 bits per heavy atom. The Morgan fingerprint density at radius 3 is 2.76 bits per heavy atom. The van der Waals surface area contributed by atoms with E-state index < -0.39 is 10.0 Å². The van der Waals surface area contributed by atoms with Crippen LogP contribution in [0, 0.1) is 6.92 Å². The van der Waals surface area contributed by atoms with Crippen molar-refractivity contribution < 1.29 is 18.3 Å². The number of hydrogen-bond acceptors (Lipinski definition) is 5. The maximum absolute atomic E-state index is 12.5. The largest absolute Gasteiger partial charge is 0.495 e. The zero-order valence-corrected chi connectivity index (χ0v) is 13.8. The third-order valence-electron chi connectivity index (χ3n) is 2.81. The van der Waals surface area contributed by atoms with Crippen LogP contribution >= 0.6 is 22.9 Å². The molecule has 0 aliphatic rings. The number of nitrogens with one attached hydrogen (secondary N) is 1. The summed E-state index contributed by atoms with van der Waals surface area (Å²) in [6.45, 7) is 1.35. The molecule has 21 heavy (non-hydrogen) atoms. The number of aliphatic hydroxyl groups is 1. The second-order valence-corrected chi connectivity index (χ2v) is 7.30. The van der Waals surface area contributed by atoms with E-state index >= 15 is 0 Å². The molecule has 0 saturated heterocycles. The van der Waals surface area contributed by atoms with Crippen molar-refractivity contribution in [3.05, 3.63) is 39.0 Å². The summed E-state index contributed by atoms with van der Waals surface area (Å²) in [6, 6.07) is 4.65. The molecule has 2 N–H and O–H groups in total. The van der Waals surface area contributed by atoms with Crippen LogP contribution in [-0.2, 0) is 16.6 Å². The zero-order chi connectivity index (χ0) is 15.6. The molecule has 0 radical (unpaired) electrons. The van der Waals surface area contributed by atoms with Crippen LogP contribution in [0.3, 0.4) is 0 Å². The van der Waals surface area contributed by atoms with Crippen molar-refractivity contribution in [2.75, 3.05) is 11.8 Å². The van der Waals surface area contributed by atoms with Crippen LogP contribution in [0.15, 0.2) is 28.5 Å². The third kappa shape index (κ3) is 3.32. The van der Waals surface area contributed by atoms with Crippen molar-refractivity contribution >= 4 is 38.6 Å². The van der Waals surface area contributed by atoms with E-state index in [0.29, 0.717) is 21.2 Å². The molecular formula is C13H14ClNO4S2. The summed E-state index contributed by atoms with van der Waals surface area (Å²) in [5, 5.41) is 11.4. The van der Waals surface area contributed by atoms with Gasteiger partial charge in [0.05, 0.1) is 24.3 Å². The summed E-state index contributed by atoms with van der Waals surface area (Å²) in [4.78, 5) is 0.484. The van der Waals surface area contributed by atoms with E-state index in [4.69, 9.17) is 16.3 Å². The van der Waals surface area contributed by atoms with Crippen LogP contribution in [0.25, 0.3) is 0 Å². The topological polar surface area (TPSA) is 75.6 Å². The maximum Gasteiger partial charge on any atom is 0.263 e. The quantitative estimate of drug-likeness (QED) is 0.871. The van der Waals surface area contributed by atoms with Gasteiger partial charge in [0.1, 0.15) is 10.6 Å². The summed E-state index contributed by atoms with van der Waals surface area (Å²) in [5.74, 6) is 0.362. The molecular weight excluding hydrogens is 334 g/mol. The number of hydrogen-bond donors (Lipinski definition) is 2. The number of aryl methyl sites for hydroxylation is 1. The molecule has 0 spiro atoms. The van der Waals surface area contributed by atoms with Gasteiger partial charge in [0.25, 0.3) is 10.0 Å². The van der Waals surface area contributed by atoms with Crippen molar-refractivity contribution in [3.63, 3.8) is 0 Å². The summed E-state index contributed by atoms with van der Waals surface area (Å²) in [5.41, 5.74) is 0.831. The fraction of sp³-hybridized carbons (Fsp3) is 0.231. The molecule has 2 rings (SSSR count). The lowest BCUT2D eigenvalue weighted by Gasteiger charge is -2.13. The lowest BCUT2D eigenvalue weighted by atomic mass is 10.3. The number of anilines is 1. The fourth-order valence-electron chi connectivity index (χ4n) is 1.91. The number of sulfonamides is 1. The van der Waals surface area contributed by atoms with Crippen LogP contribution in [0.4, 0.5) is 5.69 Å². The van der Waals surface area contributed by atoms with Gasteiger partial charge in [-0.3, -0.25) is 4.72 Å². The van der Waals surface area contributed by atoms with Gasteiger partial charge in [0, 0.05) is 5.02 Å². The van der Waals surface area contributed by atoms with Gasteiger partial charge >= 0.3 is 0 Å². The highest BCUT2D eigenvalue weighted by molar-refractivity contribution is 7.93. The number of thiophene rings is 1. The predicted molar refractivity (Wildman–Crippen MR) is 83.8 cm³/mol. The van der Waals surface area contributed by atoms with E-state index in [0.717, 1.165) is 0 Å². The SMILES string of the molecule is COc1ccc(Cl)cc1NS(=O)(=O)c1c(C)csc1CO. The van der Waals surface area contributed by atoms with Crippen LogP contribution < -0.4 is 9.46 Å². The minimum absolute atomic E-state index is 0.0945. The van der Waals surface area contributed by atoms with Crippen molar-refractivity contribution in [1.29, 1.82) is 0 Å². The molecule has 0 unspecified atom stereocenters. The first kappa shape index (κ1) is 16.1. The monoisotopic (exact) mass is 347 g/mol. The molecule has 0 atom stereocenters. The Labute approximate surface area is 132 Å². The Balaban J connectivity index is 2.47. The van der Waals surface area contributed by atoms with Crippen molar-refractivity contribution in [3.8, 4) is 5.75 Å². The lowest BCUT2D eigenvalue weighted by Crippen LogP contribution is -2.15. The summed E-state index contributed by atoms with van der Waals surface area (Å²) >= 11 is 7.09. The third-order valence-corrected chi connectivity index (χ3v) is 5.86. The average Bonchev–Trinajstić information content (AvgIpc) is 2.80. The summed E-state index contributed by atoms with van der Waals surface area (Å²) in [7, 11) is -2.39. The lowest BCUT2D eigenvalue weighted by molar-refractivity contribution is 0.282. The van der Waals surface area contributed by atoms with Crippen molar-refractivity contribution in [2.24, 2.45) is 0 Å². The number of ether oxygens (including phenoxy) is 1. The van der Waals surface area contributed by atoms with Crippen molar-refractivity contribution in [2.45, 2.75) is 18.4 Å². The van der Waals surface area contributed by atoms with Gasteiger partial charge in [-0.25, -0.2) is 8.42 Å². The molecule has 0 bridgehead atoms. The van der Waals surface area contributed by atoms with Gasteiger partial charge in [-0.1, -0.05) is 11.6 Å².